The predicted molar refractivity (Wildman–Crippen MR) is 66.1 cm³/mol. The molecule has 0 amide bonds. The second-order valence-corrected chi connectivity index (χ2v) is 4.11. The standard InChI is InChI=1S/C13H12N2O4/c1-7(16)12(8(2)17)15-14-10-3-4-11-9(5-10)6-19-13(11)18/h3-5,16H,6H2,1-2H3/b12-7-,15-14?. The number of allylic oxidation sites excluding steroid dienone is 2. The van der Waals surface area contributed by atoms with Gasteiger partial charge in [0.15, 0.2) is 11.5 Å². The number of benzene rings is 1. The number of ketones is 1. The summed E-state index contributed by atoms with van der Waals surface area (Å²) in [7, 11) is 0. The molecule has 1 aliphatic rings. The fourth-order valence-corrected chi connectivity index (χ4v) is 1.69. The van der Waals surface area contributed by atoms with Gasteiger partial charge in [0.2, 0.25) is 0 Å². The Balaban J connectivity index is 2.28. The van der Waals surface area contributed by atoms with Gasteiger partial charge in [0.05, 0.1) is 11.3 Å². The molecule has 0 radical (unpaired) electrons. The van der Waals surface area contributed by atoms with Crippen molar-refractivity contribution in [3.05, 3.63) is 40.8 Å². The monoisotopic (exact) mass is 260 g/mol. The van der Waals surface area contributed by atoms with E-state index in [1.54, 1.807) is 18.2 Å². The van der Waals surface area contributed by atoms with Crippen LogP contribution in [0.15, 0.2) is 39.9 Å². The average molecular weight is 260 g/mol. The van der Waals surface area contributed by atoms with Crippen LogP contribution in [0.5, 0.6) is 0 Å². The molecule has 0 aliphatic carbocycles. The molecule has 1 N–H and O–H groups in total. The van der Waals surface area contributed by atoms with Crippen molar-refractivity contribution in [2.24, 2.45) is 10.2 Å². The first-order chi connectivity index (χ1) is 8.99. The molecule has 0 fully saturated rings. The van der Waals surface area contributed by atoms with Gasteiger partial charge >= 0.3 is 5.97 Å². The number of aliphatic hydroxyl groups excluding tert-OH is 1. The average Bonchev–Trinajstić information content (AvgIpc) is 2.70. The number of carbonyl (C=O) groups excluding carboxylic acids is 2. The topological polar surface area (TPSA) is 88.3 Å². The number of aliphatic hydroxyl groups is 1. The third-order valence-electron chi connectivity index (χ3n) is 2.61. The lowest BCUT2D eigenvalue weighted by molar-refractivity contribution is -0.113. The smallest absolute Gasteiger partial charge is 0.338 e. The van der Waals surface area contributed by atoms with E-state index in [9.17, 15) is 14.7 Å². The summed E-state index contributed by atoms with van der Waals surface area (Å²) >= 11 is 0. The summed E-state index contributed by atoms with van der Waals surface area (Å²) in [5, 5.41) is 16.9. The van der Waals surface area contributed by atoms with Crippen molar-refractivity contribution in [3.63, 3.8) is 0 Å². The molecule has 2 rings (SSSR count). The van der Waals surface area contributed by atoms with Crippen LogP contribution >= 0.6 is 0 Å². The van der Waals surface area contributed by atoms with Crippen LogP contribution in [0.2, 0.25) is 0 Å². The number of azo groups is 1. The molecule has 6 heteroatoms. The summed E-state index contributed by atoms with van der Waals surface area (Å²) < 4.78 is 4.87. The molecule has 0 saturated carbocycles. The lowest BCUT2D eigenvalue weighted by atomic mass is 10.1. The van der Waals surface area contributed by atoms with Crippen LogP contribution in [0.1, 0.15) is 29.8 Å². The zero-order chi connectivity index (χ0) is 14.0. The lowest BCUT2D eigenvalue weighted by Crippen LogP contribution is -1.96. The van der Waals surface area contributed by atoms with Crippen molar-refractivity contribution in [2.75, 3.05) is 0 Å². The first kappa shape index (κ1) is 12.9. The van der Waals surface area contributed by atoms with Gasteiger partial charge in [0, 0.05) is 12.5 Å². The van der Waals surface area contributed by atoms with Gasteiger partial charge in [-0.3, -0.25) is 4.79 Å². The molecule has 98 valence electrons. The number of nitrogens with zero attached hydrogens (tertiary/aromatic N) is 2. The van der Waals surface area contributed by atoms with E-state index >= 15 is 0 Å². The van der Waals surface area contributed by atoms with E-state index < -0.39 is 0 Å². The Morgan fingerprint density at radius 1 is 1.37 bits per heavy atom. The van der Waals surface area contributed by atoms with Crippen molar-refractivity contribution in [1.82, 2.24) is 0 Å². The number of hydrogen-bond donors (Lipinski definition) is 1. The van der Waals surface area contributed by atoms with Crippen molar-refractivity contribution in [2.45, 2.75) is 20.5 Å². The van der Waals surface area contributed by atoms with Crippen molar-refractivity contribution >= 4 is 17.4 Å². The third kappa shape index (κ3) is 2.67. The Kier molecular flexibility index (Phi) is 3.41. The second kappa shape index (κ2) is 5.01. The Labute approximate surface area is 109 Å². The number of rotatable bonds is 3. The summed E-state index contributed by atoms with van der Waals surface area (Å²) in [5.41, 5.74) is 1.64. The molecule has 0 saturated heterocycles. The summed E-state index contributed by atoms with van der Waals surface area (Å²) in [6.07, 6.45) is 0. The fourth-order valence-electron chi connectivity index (χ4n) is 1.69. The molecule has 1 aliphatic heterocycles. The molecule has 0 bridgehead atoms. The van der Waals surface area contributed by atoms with Gasteiger partial charge in [-0.2, -0.15) is 5.11 Å². The SMILES string of the molecule is CC(=O)/C(N=Nc1ccc2c(c1)COC2=O)=C(\C)O. The maximum atomic E-state index is 11.3. The largest absolute Gasteiger partial charge is 0.510 e. The molecular formula is C13H12N2O4. The molecule has 6 nitrogen and oxygen atoms in total. The highest BCUT2D eigenvalue weighted by Gasteiger charge is 2.20. The van der Waals surface area contributed by atoms with Gasteiger partial charge < -0.3 is 9.84 Å². The molecule has 0 aromatic heterocycles. The van der Waals surface area contributed by atoms with E-state index in [0.29, 0.717) is 11.3 Å². The van der Waals surface area contributed by atoms with E-state index in [0.717, 1.165) is 5.56 Å². The number of esters is 1. The van der Waals surface area contributed by atoms with E-state index in [1.165, 1.54) is 13.8 Å². The number of hydrogen-bond acceptors (Lipinski definition) is 6. The molecule has 0 unspecified atom stereocenters. The quantitative estimate of drug-likeness (QED) is 0.391. The van der Waals surface area contributed by atoms with Gasteiger partial charge in [-0.1, -0.05) is 0 Å². The minimum Gasteiger partial charge on any atom is -0.510 e. The van der Waals surface area contributed by atoms with E-state index in [-0.39, 0.29) is 29.8 Å². The van der Waals surface area contributed by atoms with Crippen LogP contribution in [0, 0.1) is 0 Å². The Morgan fingerprint density at radius 2 is 2.11 bits per heavy atom. The van der Waals surface area contributed by atoms with Crippen LogP contribution in [0.25, 0.3) is 0 Å². The Bertz CT molecular complexity index is 613. The van der Waals surface area contributed by atoms with Crippen LogP contribution in [0.4, 0.5) is 5.69 Å². The number of carbonyl (C=O) groups is 2. The number of Topliss-reactive ketones (excluding diaryl/α,β-unsaturated/α-hetero) is 1. The van der Waals surface area contributed by atoms with Gasteiger partial charge in [0.25, 0.3) is 0 Å². The third-order valence-corrected chi connectivity index (χ3v) is 2.61. The molecule has 1 heterocycles. The first-order valence-corrected chi connectivity index (χ1v) is 5.61. The summed E-state index contributed by atoms with van der Waals surface area (Å²) in [6, 6.07) is 4.86. The van der Waals surface area contributed by atoms with E-state index in [4.69, 9.17) is 4.74 Å². The van der Waals surface area contributed by atoms with E-state index in [1.807, 2.05) is 0 Å². The van der Waals surface area contributed by atoms with Crippen molar-refractivity contribution in [3.8, 4) is 0 Å². The maximum absolute atomic E-state index is 11.3. The highest BCUT2D eigenvalue weighted by molar-refractivity contribution is 5.94. The van der Waals surface area contributed by atoms with Gasteiger partial charge in [-0.25, -0.2) is 4.79 Å². The predicted octanol–water partition coefficient (Wildman–Crippen LogP) is 2.82. The van der Waals surface area contributed by atoms with Crippen LogP contribution in [-0.2, 0) is 16.1 Å². The minimum atomic E-state index is -0.372. The number of fused-ring (bicyclic) bond motifs is 1. The van der Waals surface area contributed by atoms with Crippen molar-refractivity contribution < 1.29 is 19.4 Å². The van der Waals surface area contributed by atoms with Crippen LogP contribution in [-0.4, -0.2) is 16.9 Å². The maximum Gasteiger partial charge on any atom is 0.338 e. The highest BCUT2D eigenvalue weighted by atomic mass is 16.5. The second-order valence-electron chi connectivity index (χ2n) is 4.11. The Hall–Kier alpha value is -2.50. The van der Waals surface area contributed by atoms with Gasteiger partial charge in [0.1, 0.15) is 12.4 Å². The summed E-state index contributed by atoms with van der Waals surface area (Å²) in [5.74, 6) is -0.909. The van der Waals surface area contributed by atoms with Crippen LogP contribution in [0.3, 0.4) is 0 Å². The lowest BCUT2D eigenvalue weighted by Gasteiger charge is -1.98. The van der Waals surface area contributed by atoms with Gasteiger partial charge in [-0.05, 0) is 25.1 Å². The minimum absolute atomic E-state index is 0.0900. The molecule has 1 aromatic rings. The number of cyclic esters (lactones) is 1. The van der Waals surface area contributed by atoms with Crippen LogP contribution < -0.4 is 0 Å². The molecule has 1 aromatic carbocycles. The molecular weight excluding hydrogens is 248 g/mol. The fraction of sp³-hybridized carbons (Fsp3) is 0.231. The molecule has 0 spiro atoms. The Morgan fingerprint density at radius 3 is 2.74 bits per heavy atom. The molecule has 19 heavy (non-hydrogen) atoms. The first-order valence-electron chi connectivity index (χ1n) is 5.61. The zero-order valence-corrected chi connectivity index (χ0v) is 10.5. The number of ether oxygens (including phenoxy) is 1. The summed E-state index contributed by atoms with van der Waals surface area (Å²) in [4.78, 5) is 22.5. The van der Waals surface area contributed by atoms with Gasteiger partial charge in [-0.15, -0.1) is 5.11 Å². The van der Waals surface area contributed by atoms with E-state index in [2.05, 4.69) is 10.2 Å². The highest BCUT2D eigenvalue weighted by Crippen LogP contribution is 2.25. The summed E-state index contributed by atoms with van der Waals surface area (Å²) in [6.45, 7) is 2.88. The zero-order valence-electron chi connectivity index (χ0n) is 10.5. The normalized spacial score (nSPS) is 15.2. The van der Waals surface area contributed by atoms with Crippen molar-refractivity contribution in [1.29, 1.82) is 0 Å². The molecule has 0 atom stereocenters.